The van der Waals surface area contributed by atoms with Gasteiger partial charge >= 0.3 is 0 Å². The van der Waals surface area contributed by atoms with Crippen molar-refractivity contribution in [3.8, 4) is 0 Å². The number of carbonyl (C=O) groups excluding carboxylic acids is 2. The summed E-state index contributed by atoms with van der Waals surface area (Å²) in [5.41, 5.74) is 0.542. The van der Waals surface area contributed by atoms with Gasteiger partial charge in [0.2, 0.25) is 5.91 Å². The highest BCUT2D eigenvalue weighted by Crippen LogP contribution is 2.23. The predicted octanol–water partition coefficient (Wildman–Crippen LogP) is 1.18. The molecule has 1 saturated carbocycles. The van der Waals surface area contributed by atoms with E-state index in [1.807, 2.05) is 6.07 Å². The minimum Gasteiger partial charge on any atom is -0.395 e. The first-order valence-electron chi connectivity index (χ1n) is 7.46. The molecule has 5 nitrogen and oxygen atoms in total. The van der Waals surface area contributed by atoms with Crippen molar-refractivity contribution in [3.05, 3.63) is 35.9 Å². The van der Waals surface area contributed by atoms with Crippen LogP contribution in [0.5, 0.6) is 0 Å². The molecule has 1 fully saturated rings. The SMILES string of the molecule is O=C(NCC(=O)N(CCO)C1CCCC1)c1ccccc1. The molecule has 2 amide bonds. The molecule has 0 atom stereocenters. The summed E-state index contributed by atoms with van der Waals surface area (Å²) in [5.74, 6) is -0.375. The average molecular weight is 290 g/mol. The standard InChI is InChI=1S/C16H22N2O3/c19-11-10-18(14-8-4-5-9-14)15(20)12-17-16(21)13-6-2-1-3-7-13/h1-3,6-7,14,19H,4-5,8-12H2,(H,17,21). The van der Waals surface area contributed by atoms with Crippen LogP contribution >= 0.6 is 0 Å². The molecule has 2 rings (SSSR count). The molecule has 0 aromatic heterocycles. The van der Waals surface area contributed by atoms with E-state index < -0.39 is 0 Å². The van der Waals surface area contributed by atoms with Gasteiger partial charge in [0.05, 0.1) is 13.2 Å². The number of carbonyl (C=O) groups is 2. The highest BCUT2D eigenvalue weighted by atomic mass is 16.3. The molecule has 0 bridgehead atoms. The fourth-order valence-corrected chi connectivity index (χ4v) is 2.78. The maximum Gasteiger partial charge on any atom is 0.251 e. The lowest BCUT2D eigenvalue weighted by atomic mass is 10.2. The normalized spacial score (nSPS) is 14.9. The van der Waals surface area contributed by atoms with Gasteiger partial charge in [-0.1, -0.05) is 31.0 Å². The second kappa shape index (κ2) is 7.78. The van der Waals surface area contributed by atoms with Crippen molar-refractivity contribution < 1.29 is 14.7 Å². The third-order valence-electron chi connectivity index (χ3n) is 3.86. The van der Waals surface area contributed by atoms with Crippen molar-refractivity contribution >= 4 is 11.8 Å². The fraction of sp³-hybridized carbons (Fsp3) is 0.500. The quantitative estimate of drug-likeness (QED) is 0.826. The topological polar surface area (TPSA) is 69.6 Å². The monoisotopic (exact) mass is 290 g/mol. The zero-order chi connectivity index (χ0) is 15.1. The van der Waals surface area contributed by atoms with Crippen molar-refractivity contribution in [1.82, 2.24) is 10.2 Å². The van der Waals surface area contributed by atoms with E-state index in [4.69, 9.17) is 5.11 Å². The molecule has 1 aromatic carbocycles. The number of aliphatic hydroxyl groups excluding tert-OH is 1. The van der Waals surface area contributed by atoms with Gasteiger partial charge in [0.25, 0.3) is 5.91 Å². The first-order chi connectivity index (χ1) is 10.2. The van der Waals surface area contributed by atoms with Crippen LogP contribution < -0.4 is 5.32 Å². The van der Waals surface area contributed by atoms with Crippen LogP contribution in [-0.2, 0) is 4.79 Å². The summed E-state index contributed by atoms with van der Waals surface area (Å²) in [5, 5.41) is 11.8. The molecule has 2 N–H and O–H groups in total. The van der Waals surface area contributed by atoms with Crippen LogP contribution in [0.15, 0.2) is 30.3 Å². The van der Waals surface area contributed by atoms with Gasteiger partial charge in [0, 0.05) is 18.2 Å². The molecule has 0 spiro atoms. The van der Waals surface area contributed by atoms with Crippen LogP contribution in [0.4, 0.5) is 0 Å². The minimum absolute atomic E-state index is 0.0236. The van der Waals surface area contributed by atoms with Crippen LogP contribution in [0.1, 0.15) is 36.0 Å². The summed E-state index contributed by atoms with van der Waals surface area (Å²) in [7, 11) is 0. The van der Waals surface area contributed by atoms with Crippen molar-refractivity contribution in [2.45, 2.75) is 31.7 Å². The van der Waals surface area contributed by atoms with Gasteiger partial charge in [-0.05, 0) is 25.0 Å². The Balaban J connectivity index is 1.88. The van der Waals surface area contributed by atoms with E-state index in [2.05, 4.69) is 5.32 Å². The van der Waals surface area contributed by atoms with Crippen molar-refractivity contribution in [1.29, 1.82) is 0 Å². The third-order valence-corrected chi connectivity index (χ3v) is 3.86. The maximum atomic E-state index is 12.3. The largest absolute Gasteiger partial charge is 0.395 e. The van der Waals surface area contributed by atoms with Crippen LogP contribution in [0.2, 0.25) is 0 Å². The molecular formula is C16H22N2O3. The van der Waals surface area contributed by atoms with Gasteiger partial charge in [-0.3, -0.25) is 9.59 Å². The van der Waals surface area contributed by atoms with Gasteiger partial charge in [-0.25, -0.2) is 0 Å². The van der Waals surface area contributed by atoms with Gasteiger partial charge in [-0.15, -0.1) is 0 Å². The van der Waals surface area contributed by atoms with Crippen LogP contribution in [0.25, 0.3) is 0 Å². The van der Waals surface area contributed by atoms with Crippen LogP contribution in [0, 0.1) is 0 Å². The molecule has 0 saturated heterocycles. The highest BCUT2D eigenvalue weighted by Gasteiger charge is 2.26. The number of rotatable bonds is 6. The Hall–Kier alpha value is -1.88. The minimum atomic E-state index is -0.251. The number of hydrogen-bond acceptors (Lipinski definition) is 3. The number of aliphatic hydroxyl groups is 1. The summed E-state index contributed by atoms with van der Waals surface area (Å²) in [6.07, 6.45) is 4.21. The summed E-state index contributed by atoms with van der Waals surface area (Å²) in [6.45, 7) is 0.268. The molecule has 0 heterocycles. The lowest BCUT2D eigenvalue weighted by Crippen LogP contribution is -2.46. The van der Waals surface area contributed by atoms with Crippen LogP contribution in [-0.4, -0.2) is 47.6 Å². The molecule has 1 aliphatic carbocycles. The smallest absolute Gasteiger partial charge is 0.251 e. The first kappa shape index (κ1) is 15.5. The Bertz CT molecular complexity index is 470. The molecular weight excluding hydrogens is 268 g/mol. The Morgan fingerprint density at radius 3 is 2.48 bits per heavy atom. The maximum absolute atomic E-state index is 12.3. The molecule has 0 unspecified atom stereocenters. The first-order valence-corrected chi connectivity index (χ1v) is 7.46. The van der Waals surface area contributed by atoms with Gasteiger partial charge < -0.3 is 15.3 Å². The van der Waals surface area contributed by atoms with E-state index in [0.29, 0.717) is 12.1 Å². The third kappa shape index (κ3) is 4.29. The molecule has 1 aliphatic rings. The molecule has 114 valence electrons. The number of nitrogens with one attached hydrogen (secondary N) is 1. The predicted molar refractivity (Wildman–Crippen MR) is 79.8 cm³/mol. The number of nitrogens with zero attached hydrogens (tertiary/aromatic N) is 1. The number of hydrogen-bond donors (Lipinski definition) is 2. The van der Waals surface area contributed by atoms with E-state index in [9.17, 15) is 9.59 Å². The number of amides is 2. The Labute approximate surface area is 125 Å². The Kier molecular flexibility index (Phi) is 5.75. The van der Waals surface area contributed by atoms with E-state index in [1.165, 1.54) is 0 Å². The molecule has 0 aliphatic heterocycles. The summed E-state index contributed by atoms with van der Waals surface area (Å²) in [6, 6.07) is 9.04. The Morgan fingerprint density at radius 2 is 1.86 bits per heavy atom. The summed E-state index contributed by atoms with van der Waals surface area (Å²) < 4.78 is 0. The van der Waals surface area contributed by atoms with Gasteiger partial charge in [0.1, 0.15) is 0 Å². The van der Waals surface area contributed by atoms with E-state index in [0.717, 1.165) is 25.7 Å². The van der Waals surface area contributed by atoms with Crippen molar-refractivity contribution in [3.63, 3.8) is 0 Å². The lowest BCUT2D eigenvalue weighted by Gasteiger charge is -2.28. The van der Waals surface area contributed by atoms with E-state index in [1.54, 1.807) is 29.2 Å². The second-order valence-electron chi connectivity index (χ2n) is 5.30. The van der Waals surface area contributed by atoms with E-state index in [-0.39, 0.29) is 31.0 Å². The zero-order valence-electron chi connectivity index (χ0n) is 12.1. The molecule has 21 heavy (non-hydrogen) atoms. The Morgan fingerprint density at radius 1 is 1.19 bits per heavy atom. The van der Waals surface area contributed by atoms with Crippen LogP contribution in [0.3, 0.4) is 0 Å². The summed E-state index contributed by atoms with van der Waals surface area (Å²) in [4.78, 5) is 25.9. The van der Waals surface area contributed by atoms with E-state index >= 15 is 0 Å². The number of benzene rings is 1. The zero-order valence-corrected chi connectivity index (χ0v) is 12.1. The lowest BCUT2D eigenvalue weighted by molar-refractivity contribution is -0.132. The molecule has 5 heteroatoms. The fourth-order valence-electron chi connectivity index (χ4n) is 2.78. The van der Waals surface area contributed by atoms with Crippen molar-refractivity contribution in [2.75, 3.05) is 19.7 Å². The van der Waals surface area contributed by atoms with Gasteiger partial charge in [0.15, 0.2) is 0 Å². The highest BCUT2D eigenvalue weighted by molar-refractivity contribution is 5.96. The molecule has 0 radical (unpaired) electrons. The average Bonchev–Trinajstić information content (AvgIpc) is 3.04. The second-order valence-corrected chi connectivity index (χ2v) is 5.30. The summed E-state index contributed by atoms with van der Waals surface area (Å²) >= 11 is 0. The molecule has 1 aromatic rings. The van der Waals surface area contributed by atoms with Gasteiger partial charge in [-0.2, -0.15) is 0 Å². The van der Waals surface area contributed by atoms with Crippen molar-refractivity contribution in [2.24, 2.45) is 0 Å².